The Morgan fingerprint density at radius 1 is 0.731 bits per heavy atom. The first-order valence-electron chi connectivity index (χ1n) is 8.29. The predicted molar refractivity (Wildman–Crippen MR) is 109 cm³/mol. The summed E-state index contributed by atoms with van der Waals surface area (Å²) in [5.74, 6) is -1.64. The summed E-state index contributed by atoms with van der Waals surface area (Å²) in [7, 11) is 0. The number of rotatable bonds is 2. The number of benzene rings is 4. The van der Waals surface area contributed by atoms with Gasteiger partial charge in [0.1, 0.15) is 0 Å². The number of hydrogen-bond acceptors (Lipinski definition) is 0. The van der Waals surface area contributed by atoms with Gasteiger partial charge in [0, 0.05) is 15.4 Å². The first kappa shape index (κ1) is 16.9. The van der Waals surface area contributed by atoms with E-state index in [0.29, 0.717) is 10.8 Å². The van der Waals surface area contributed by atoms with Gasteiger partial charge in [0.15, 0.2) is 11.6 Å². The summed E-state index contributed by atoms with van der Waals surface area (Å²) in [5, 5.41) is 2.93. The zero-order valence-corrected chi connectivity index (χ0v) is 15.6. The molecule has 0 radical (unpaired) electrons. The van der Waals surface area contributed by atoms with E-state index in [-0.39, 0.29) is 5.56 Å². The van der Waals surface area contributed by atoms with Crippen LogP contribution < -0.4 is 0 Å². The predicted octanol–water partition coefficient (Wildman–Crippen LogP) is 7.51. The highest BCUT2D eigenvalue weighted by atomic mass is 79.9. The lowest BCUT2D eigenvalue weighted by molar-refractivity contribution is 0.515. The van der Waals surface area contributed by atoms with E-state index in [2.05, 4.69) is 15.9 Å². The Bertz CT molecular complexity index is 1180. The highest BCUT2D eigenvalue weighted by Gasteiger charge is 2.13. The standard InChI is InChI=1S/C23H15BrF2/c1-14-5-4-7-16(21(14)24)9-10-17-13-20-18-8-3-2-6-15(18)11-12-19(20)23(26)22(17)25/h2-13H,1H3/b10-9-. The molecule has 0 aromatic heterocycles. The van der Waals surface area contributed by atoms with Crippen molar-refractivity contribution < 1.29 is 8.78 Å². The summed E-state index contributed by atoms with van der Waals surface area (Å²) in [6, 6.07) is 18.8. The van der Waals surface area contributed by atoms with Gasteiger partial charge in [0.05, 0.1) is 0 Å². The molecule has 4 aromatic rings. The van der Waals surface area contributed by atoms with Gasteiger partial charge in [-0.15, -0.1) is 0 Å². The summed E-state index contributed by atoms with van der Waals surface area (Å²) in [4.78, 5) is 0. The normalized spacial score (nSPS) is 11.7. The highest BCUT2D eigenvalue weighted by molar-refractivity contribution is 9.10. The maximum Gasteiger partial charge on any atom is 0.167 e. The molecule has 0 amide bonds. The van der Waals surface area contributed by atoms with Crippen molar-refractivity contribution >= 4 is 49.6 Å². The summed E-state index contributed by atoms with van der Waals surface area (Å²) in [6.07, 6.45) is 3.42. The van der Waals surface area contributed by atoms with E-state index >= 15 is 0 Å². The third kappa shape index (κ3) is 2.82. The Morgan fingerprint density at radius 3 is 2.35 bits per heavy atom. The second-order valence-corrected chi connectivity index (χ2v) is 7.08. The van der Waals surface area contributed by atoms with Gasteiger partial charge in [0.2, 0.25) is 0 Å². The average molecular weight is 409 g/mol. The monoisotopic (exact) mass is 408 g/mol. The third-order valence-corrected chi connectivity index (χ3v) is 5.70. The molecule has 0 bridgehead atoms. The molecule has 0 aliphatic rings. The number of halogens is 3. The van der Waals surface area contributed by atoms with Crippen molar-refractivity contribution in [1.29, 1.82) is 0 Å². The van der Waals surface area contributed by atoms with Gasteiger partial charge in [-0.2, -0.15) is 0 Å². The van der Waals surface area contributed by atoms with Gasteiger partial charge in [-0.3, -0.25) is 0 Å². The zero-order valence-electron chi connectivity index (χ0n) is 14.1. The smallest absolute Gasteiger partial charge is 0.167 e. The molecule has 3 heteroatoms. The number of aryl methyl sites for hydroxylation is 1. The van der Waals surface area contributed by atoms with Gasteiger partial charge >= 0.3 is 0 Å². The van der Waals surface area contributed by atoms with Crippen LogP contribution in [0.3, 0.4) is 0 Å². The molecule has 0 N–H and O–H groups in total. The Morgan fingerprint density at radius 2 is 1.50 bits per heavy atom. The Balaban J connectivity index is 1.92. The molecule has 0 saturated carbocycles. The van der Waals surface area contributed by atoms with E-state index in [1.807, 2.05) is 55.5 Å². The summed E-state index contributed by atoms with van der Waals surface area (Å²) in [5.41, 5.74) is 2.24. The topological polar surface area (TPSA) is 0 Å². The molecule has 0 nitrogen and oxygen atoms in total. The Hall–Kier alpha value is -2.52. The lowest BCUT2D eigenvalue weighted by atomic mass is 9.98. The molecule has 0 atom stereocenters. The molecule has 0 saturated heterocycles. The van der Waals surface area contributed by atoms with Gasteiger partial charge in [0.25, 0.3) is 0 Å². The van der Waals surface area contributed by atoms with Crippen molar-refractivity contribution in [2.75, 3.05) is 0 Å². The van der Waals surface area contributed by atoms with Crippen LogP contribution in [0.2, 0.25) is 0 Å². The van der Waals surface area contributed by atoms with Crippen LogP contribution in [-0.4, -0.2) is 0 Å². The molecule has 0 fully saturated rings. The molecule has 4 rings (SSSR count). The van der Waals surface area contributed by atoms with Crippen molar-refractivity contribution in [3.8, 4) is 0 Å². The molecule has 128 valence electrons. The van der Waals surface area contributed by atoms with E-state index in [4.69, 9.17) is 0 Å². The van der Waals surface area contributed by atoms with E-state index < -0.39 is 11.6 Å². The highest BCUT2D eigenvalue weighted by Crippen LogP contribution is 2.31. The molecule has 4 aromatic carbocycles. The first-order chi connectivity index (χ1) is 12.6. The average Bonchev–Trinajstić information content (AvgIpc) is 2.66. The number of hydrogen-bond donors (Lipinski definition) is 0. The molecule has 0 unspecified atom stereocenters. The third-order valence-electron chi connectivity index (χ3n) is 4.62. The molecular weight excluding hydrogens is 394 g/mol. The molecule has 0 heterocycles. The molecule has 0 aliphatic carbocycles. The van der Waals surface area contributed by atoms with Crippen molar-refractivity contribution in [3.05, 3.63) is 93.5 Å². The molecular formula is C23H15BrF2. The van der Waals surface area contributed by atoms with Crippen molar-refractivity contribution in [2.24, 2.45) is 0 Å². The fourth-order valence-corrected chi connectivity index (χ4v) is 3.60. The van der Waals surface area contributed by atoms with Crippen LogP contribution >= 0.6 is 15.9 Å². The molecule has 26 heavy (non-hydrogen) atoms. The lowest BCUT2D eigenvalue weighted by Crippen LogP contribution is -1.92. The van der Waals surface area contributed by atoms with Crippen molar-refractivity contribution in [1.82, 2.24) is 0 Å². The second-order valence-electron chi connectivity index (χ2n) is 6.29. The first-order valence-corrected chi connectivity index (χ1v) is 9.08. The fourth-order valence-electron chi connectivity index (χ4n) is 3.21. The quantitative estimate of drug-likeness (QED) is 0.237. The van der Waals surface area contributed by atoms with E-state index in [0.717, 1.165) is 26.4 Å². The van der Waals surface area contributed by atoms with Gasteiger partial charge in [-0.25, -0.2) is 8.78 Å². The zero-order chi connectivity index (χ0) is 18.3. The molecule has 0 spiro atoms. The van der Waals surface area contributed by atoms with Crippen molar-refractivity contribution in [2.45, 2.75) is 6.92 Å². The molecule has 0 aliphatic heterocycles. The van der Waals surface area contributed by atoms with Crippen LogP contribution in [0.1, 0.15) is 16.7 Å². The fraction of sp³-hybridized carbons (Fsp3) is 0.0435. The number of fused-ring (bicyclic) bond motifs is 3. The minimum Gasteiger partial charge on any atom is -0.203 e. The van der Waals surface area contributed by atoms with Crippen LogP contribution in [0, 0.1) is 18.6 Å². The second kappa shape index (κ2) is 6.65. The van der Waals surface area contributed by atoms with Gasteiger partial charge < -0.3 is 0 Å². The minimum atomic E-state index is -0.826. The lowest BCUT2D eigenvalue weighted by Gasteiger charge is -2.08. The Labute approximate surface area is 158 Å². The van der Waals surface area contributed by atoms with Crippen molar-refractivity contribution in [3.63, 3.8) is 0 Å². The largest absolute Gasteiger partial charge is 0.203 e. The summed E-state index contributed by atoms with van der Waals surface area (Å²) >= 11 is 3.54. The van der Waals surface area contributed by atoms with Crippen LogP contribution in [0.25, 0.3) is 33.7 Å². The van der Waals surface area contributed by atoms with Crippen LogP contribution in [0.4, 0.5) is 8.78 Å². The summed E-state index contributed by atoms with van der Waals surface area (Å²) < 4.78 is 30.2. The van der Waals surface area contributed by atoms with Gasteiger partial charge in [-0.1, -0.05) is 66.7 Å². The summed E-state index contributed by atoms with van der Waals surface area (Å²) in [6.45, 7) is 1.99. The van der Waals surface area contributed by atoms with Gasteiger partial charge in [-0.05, 0) is 56.2 Å². The minimum absolute atomic E-state index is 0.236. The Kier molecular flexibility index (Phi) is 4.33. The SMILES string of the molecule is Cc1cccc(/C=C\c2cc3c(ccc4ccccc43)c(F)c2F)c1Br. The van der Waals surface area contributed by atoms with Crippen LogP contribution in [0.15, 0.2) is 65.1 Å². The van der Waals surface area contributed by atoms with E-state index in [9.17, 15) is 8.78 Å². The van der Waals surface area contributed by atoms with Crippen LogP contribution in [0.5, 0.6) is 0 Å². The van der Waals surface area contributed by atoms with E-state index in [1.165, 1.54) is 0 Å². The van der Waals surface area contributed by atoms with E-state index in [1.54, 1.807) is 24.3 Å². The maximum atomic E-state index is 14.6. The van der Waals surface area contributed by atoms with Crippen LogP contribution in [-0.2, 0) is 0 Å². The maximum absolute atomic E-state index is 14.6.